The van der Waals surface area contributed by atoms with E-state index in [1.54, 1.807) is 6.20 Å². The zero-order valence-electron chi connectivity index (χ0n) is 15.1. The van der Waals surface area contributed by atoms with Crippen molar-refractivity contribution < 1.29 is 4.79 Å². The van der Waals surface area contributed by atoms with E-state index < -0.39 is 0 Å². The number of pyridine rings is 1. The number of aromatic nitrogens is 3. The molecule has 0 unspecified atom stereocenters. The molecule has 2 aromatic carbocycles. The maximum atomic E-state index is 12.5. The van der Waals surface area contributed by atoms with Gasteiger partial charge < -0.3 is 9.88 Å². The Balaban J connectivity index is 1.55. The molecule has 2 heterocycles. The fourth-order valence-corrected chi connectivity index (χ4v) is 3.09. The molecule has 0 saturated heterocycles. The summed E-state index contributed by atoms with van der Waals surface area (Å²) in [5.41, 5.74) is 4.51. The third-order valence-electron chi connectivity index (χ3n) is 4.60. The van der Waals surface area contributed by atoms with Crippen LogP contribution in [0.25, 0.3) is 11.0 Å². The molecule has 0 fully saturated rings. The third kappa shape index (κ3) is 3.72. The highest BCUT2D eigenvalue weighted by Crippen LogP contribution is 2.19. The maximum absolute atomic E-state index is 12.5. The molecule has 4 aromatic rings. The van der Waals surface area contributed by atoms with Gasteiger partial charge in [-0.15, -0.1) is 0 Å². The minimum absolute atomic E-state index is 0.117. The Hall–Kier alpha value is -3.47. The van der Waals surface area contributed by atoms with Crippen LogP contribution in [0.2, 0.25) is 0 Å². The van der Waals surface area contributed by atoms with Gasteiger partial charge in [-0.25, -0.2) is 4.98 Å². The lowest BCUT2D eigenvalue weighted by Crippen LogP contribution is -2.23. The van der Waals surface area contributed by atoms with Crippen LogP contribution in [0.3, 0.4) is 0 Å². The smallest absolute Gasteiger partial charge is 0.251 e. The van der Waals surface area contributed by atoms with Crippen LogP contribution in [-0.4, -0.2) is 20.4 Å². The van der Waals surface area contributed by atoms with Crippen molar-refractivity contribution in [1.29, 1.82) is 0 Å². The largest absolute Gasteiger partial charge is 0.346 e. The van der Waals surface area contributed by atoms with Crippen LogP contribution < -0.4 is 5.32 Å². The number of amides is 1. The van der Waals surface area contributed by atoms with E-state index in [4.69, 9.17) is 4.98 Å². The molecule has 0 radical (unpaired) electrons. The number of hydrogen-bond acceptors (Lipinski definition) is 3. The van der Waals surface area contributed by atoms with Crippen LogP contribution in [-0.2, 0) is 20.0 Å². The molecule has 0 bridgehead atoms. The molecule has 4 rings (SSSR count). The van der Waals surface area contributed by atoms with Crippen LogP contribution in [0, 0.1) is 0 Å². The molecule has 134 valence electrons. The van der Waals surface area contributed by atoms with E-state index in [1.807, 2.05) is 61.6 Å². The highest BCUT2D eigenvalue weighted by Gasteiger charge is 2.12. The molecular formula is C22H20N4O. The Morgan fingerprint density at radius 3 is 2.63 bits per heavy atom. The van der Waals surface area contributed by atoms with Crippen molar-refractivity contribution in [2.24, 2.45) is 7.05 Å². The first-order valence-corrected chi connectivity index (χ1v) is 8.88. The van der Waals surface area contributed by atoms with Crippen LogP contribution in [0.1, 0.15) is 27.4 Å². The molecule has 2 aromatic heterocycles. The van der Waals surface area contributed by atoms with Crippen LogP contribution in [0.4, 0.5) is 0 Å². The van der Waals surface area contributed by atoms with Crippen molar-refractivity contribution in [3.8, 4) is 0 Å². The number of imidazole rings is 1. The van der Waals surface area contributed by atoms with E-state index in [2.05, 4.69) is 27.0 Å². The standard InChI is InChI=1S/C22H20N4O/c1-26-20-14-17(22(27)24-15-18-9-5-6-12-23-18)10-11-19(20)25-21(26)13-16-7-3-2-4-8-16/h2-12,14H,13,15H2,1H3,(H,24,27). The fourth-order valence-electron chi connectivity index (χ4n) is 3.09. The summed E-state index contributed by atoms with van der Waals surface area (Å²) in [5.74, 6) is 0.857. The van der Waals surface area contributed by atoms with E-state index >= 15 is 0 Å². The second-order valence-electron chi connectivity index (χ2n) is 6.46. The molecule has 1 N–H and O–H groups in total. The average molecular weight is 356 g/mol. The van der Waals surface area contributed by atoms with Gasteiger partial charge in [0.05, 0.1) is 23.3 Å². The molecule has 0 aliphatic heterocycles. The Kier molecular flexibility index (Phi) is 4.66. The van der Waals surface area contributed by atoms with Crippen LogP contribution in [0.5, 0.6) is 0 Å². The van der Waals surface area contributed by atoms with Crippen molar-refractivity contribution in [2.75, 3.05) is 0 Å². The summed E-state index contributed by atoms with van der Waals surface area (Å²) in [6, 6.07) is 21.5. The summed E-state index contributed by atoms with van der Waals surface area (Å²) in [5, 5.41) is 2.91. The Morgan fingerprint density at radius 2 is 1.85 bits per heavy atom. The van der Waals surface area contributed by atoms with Gasteiger partial charge in [0.15, 0.2) is 0 Å². The minimum atomic E-state index is -0.117. The molecule has 0 aliphatic rings. The number of nitrogens with one attached hydrogen (secondary N) is 1. The van der Waals surface area contributed by atoms with E-state index in [9.17, 15) is 4.79 Å². The summed E-state index contributed by atoms with van der Waals surface area (Å²) in [4.78, 5) is 21.4. The average Bonchev–Trinajstić information content (AvgIpc) is 3.02. The molecule has 1 amide bonds. The number of aryl methyl sites for hydroxylation is 1. The van der Waals surface area contributed by atoms with Crippen LogP contribution >= 0.6 is 0 Å². The van der Waals surface area contributed by atoms with Gasteiger partial charge in [0.25, 0.3) is 5.91 Å². The van der Waals surface area contributed by atoms with Crippen molar-refractivity contribution in [2.45, 2.75) is 13.0 Å². The van der Waals surface area contributed by atoms with E-state index in [0.717, 1.165) is 29.0 Å². The first-order chi connectivity index (χ1) is 13.2. The zero-order chi connectivity index (χ0) is 18.6. The maximum Gasteiger partial charge on any atom is 0.251 e. The first-order valence-electron chi connectivity index (χ1n) is 8.88. The minimum Gasteiger partial charge on any atom is -0.346 e. The Morgan fingerprint density at radius 1 is 1.04 bits per heavy atom. The predicted octanol–water partition coefficient (Wildman–Crippen LogP) is 3.49. The predicted molar refractivity (Wildman–Crippen MR) is 105 cm³/mol. The molecule has 0 aliphatic carbocycles. The lowest BCUT2D eigenvalue weighted by atomic mass is 10.1. The van der Waals surface area contributed by atoms with Gasteiger partial charge >= 0.3 is 0 Å². The second kappa shape index (κ2) is 7.41. The number of benzene rings is 2. The lowest BCUT2D eigenvalue weighted by Gasteiger charge is -2.06. The normalized spacial score (nSPS) is 10.9. The second-order valence-corrected chi connectivity index (χ2v) is 6.46. The summed E-state index contributed by atoms with van der Waals surface area (Å²) < 4.78 is 2.05. The third-order valence-corrected chi connectivity index (χ3v) is 4.60. The molecular weight excluding hydrogens is 336 g/mol. The quantitative estimate of drug-likeness (QED) is 0.595. The van der Waals surface area contributed by atoms with Crippen molar-refractivity contribution >= 4 is 16.9 Å². The summed E-state index contributed by atoms with van der Waals surface area (Å²) >= 11 is 0. The van der Waals surface area contributed by atoms with Gasteiger partial charge in [0.1, 0.15) is 5.82 Å². The molecule has 0 spiro atoms. The van der Waals surface area contributed by atoms with Crippen LogP contribution in [0.15, 0.2) is 72.9 Å². The van der Waals surface area contributed by atoms with Gasteiger partial charge in [-0.1, -0.05) is 36.4 Å². The highest BCUT2D eigenvalue weighted by atomic mass is 16.1. The highest BCUT2D eigenvalue weighted by molar-refractivity contribution is 5.97. The SMILES string of the molecule is Cn1c(Cc2ccccc2)nc2ccc(C(=O)NCc3ccccn3)cc21. The number of rotatable bonds is 5. The van der Waals surface area contributed by atoms with Gasteiger partial charge in [0, 0.05) is 25.2 Å². The number of carbonyl (C=O) groups is 1. The van der Waals surface area contributed by atoms with E-state index in [0.29, 0.717) is 12.1 Å². The molecule has 5 nitrogen and oxygen atoms in total. The number of hydrogen-bond donors (Lipinski definition) is 1. The Bertz CT molecular complexity index is 1070. The summed E-state index contributed by atoms with van der Waals surface area (Å²) in [6.45, 7) is 0.405. The van der Waals surface area contributed by atoms with Gasteiger partial charge in [0.2, 0.25) is 0 Å². The van der Waals surface area contributed by atoms with E-state index in [1.165, 1.54) is 5.56 Å². The summed E-state index contributed by atoms with van der Waals surface area (Å²) in [6.07, 6.45) is 2.48. The monoisotopic (exact) mass is 356 g/mol. The zero-order valence-corrected chi connectivity index (χ0v) is 15.1. The number of fused-ring (bicyclic) bond motifs is 1. The van der Waals surface area contributed by atoms with E-state index in [-0.39, 0.29) is 5.91 Å². The Labute approximate surface area is 157 Å². The molecule has 27 heavy (non-hydrogen) atoms. The molecule has 0 atom stereocenters. The summed E-state index contributed by atoms with van der Waals surface area (Å²) in [7, 11) is 1.99. The van der Waals surface area contributed by atoms with Gasteiger partial charge in [-0.2, -0.15) is 0 Å². The van der Waals surface area contributed by atoms with Crippen molar-refractivity contribution in [1.82, 2.24) is 19.9 Å². The van der Waals surface area contributed by atoms with Gasteiger partial charge in [-0.3, -0.25) is 9.78 Å². The lowest BCUT2D eigenvalue weighted by molar-refractivity contribution is 0.0950. The van der Waals surface area contributed by atoms with Gasteiger partial charge in [-0.05, 0) is 35.9 Å². The molecule has 5 heteroatoms. The number of carbonyl (C=O) groups excluding carboxylic acids is 1. The van der Waals surface area contributed by atoms with Crippen molar-refractivity contribution in [3.05, 3.63) is 95.6 Å². The number of nitrogens with zero attached hydrogens (tertiary/aromatic N) is 3. The topological polar surface area (TPSA) is 59.8 Å². The van der Waals surface area contributed by atoms with Crippen molar-refractivity contribution in [3.63, 3.8) is 0 Å². The first kappa shape index (κ1) is 17.0. The molecule has 0 saturated carbocycles. The fraction of sp³-hybridized carbons (Fsp3) is 0.136.